The molecule has 3 N–H and O–H groups in total. The van der Waals surface area contributed by atoms with Crippen molar-refractivity contribution in [3.05, 3.63) is 55.0 Å². The Hall–Kier alpha value is -4.24. The van der Waals surface area contributed by atoms with Gasteiger partial charge < -0.3 is 20.1 Å². The van der Waals surface area contributed by atoms with Crippen molar-refractivity contribution in [3.63, 3.8) is 0 Å². The van der Waals surface area contributed by atoms with E-state index in [4.69, 9.17) is 0 Å². The number of anilines is 2. The first-order valence-corrected chi connectivity index (χ1v) is 12.6. The summed E-state index contributed by atoms with van der Waals surface area (Å²) in [4.78, 5) is 29.5. The molecule has 0 radical (unpaired) electrons. The molecule has 9 heteroatoms. The number of nitrogens with zero attached hydrogens (tertiary/aromatic N) is 5. The number of amides is 1. The summed E-state index contributed by atoms with van der Waals surface area (Å²) in [5, 5.41) is 12.7. The van der Waals surface area contributed by atoms with Crippen molar-refractivity contribution >= 4 is 39.2 Å². The minimum Gasteiger partial charge on any atom is -0.368 e. The molecule has 0 atom stereocenters. The van der Waals surface area contributed by atoms with Crippen molar-refractivity contribution in [2.24, 2.45) is 5.92 Å². The highest BCUT2D eigenvalue weighted by molar-refractivity contribution is 6.00. The molecule has 5 aromatic rings. The van der Waals surface area contributed by atoms with Gasteiger partial charge in [0.1, 0.15) is 0 Å². The second-order valence-electron chi connectivity index (χ2n) is 10.0. The van der Waals surface area contributed by atoms with Gasteiger partial charge >= 0.3 is 0 Å². The summed E-state index contributed by atoms with van der Waals surface area (Å²) in [6.07, 6.45) is 5.22. The van der Waals surface area contributed by atoms with E-state index < -0.39 is 0 Å². The van der Waals surface area contributed by atoms with E-state index in [1.165, 1.54) is 11.1 Å². The molecule has 1 aliphatic heterocycles. The average Bonchev–Trinajstić information content (AvgIpc) is 3.53. The third-order valence-corrected chi connectivity index (χ3v) is 7.03. The van der Waals surface area contributed by atoms with Crippen LogP contribution in [0.25, 0.3) is 44.5 Å². The zero-order valence-electron chi connectivity index (χ0n) is 21.2. The van der Waals surface area contributed by atoms with Crippen molar-refractivity contribution < 1.29 is 4.79 Å². The minimum absolute atomic E-state index is 0.0422. The predicted molar refractivity (Wildman–Crippen MR) is 148 cm³/mol. The quantitative estimate of drug-likeness (QED) is 0.332. The van der Waals surface area contributed by atoms with Gasteiger partial charge in [0.2, 0.25) is 5.91 Å². The molecule has 188 valence electrons. The SMILES string of the molecule is CC(C)C(=O)Nc1cncc(-c2cnc3n[nH]c(-c4cc5c(N6CCN(C)CC6)cccc5[nH]4)c3c2)c1. The van der Waals surface area contributed by atoms with E-state index >= 15 is 0 Å². The first-order valence-electron chi connectivity index (χ1n) is 12.6. The number of pyridine rings is 2. The van der Waals surface area contributed by atoms with Crippen molar-refractivity contribution in [1.29, 1.82) is 0 Å². The molecule has 0 spiro atoms. The predicted octanol–water partition coefficient (Wildman–Crippen LogP) is 4.51. The third-order valence-electron chi connectivity index (χ3n) is 7.03. The maximum atomic E-state index is 12.1. The molecule has 4 aromatic heterocycles. The van der Waals surface area contributed by atoms with Crippen LogP contribution in [0.1, 0.15) is 13.8 Å². The fourth-order valence-electron chi connectivity index (χ4n) is 4.81. The number of aromatic nitrogens is 5. The largest absolute Gasteiger partial charge is 0.368 e. The van der Waals surface area contributed by atoms with Crippen LogP contribution < -0.4 is 10.2 Å². The minimum atomic E-state index is -0.108. The molecule has 1 saturated heterocycles. The van der Waals surface area contributed by atoms with Crippen LogP contribution in [0.5, 0.6) is 0 Å². The third kappa shape index (κ3) is 4.42. The smallest absolute Gasteiger partial charge is 0.226 e. The summed E-state index contributed by atoms with van der Waals surface area (Å²) < 4.78 is 0. The number of nitrogens with one attached hydrogen (secondary N) is 3. The Kier molecular flexibility index (Phi) is 5.84. The zero-order valence-corrected chi connectivity index (χ0v) is 21.2. The summed E-state index contributed by atoms with van der Waals surface area (Å²) >= 11 is 0. The van der Waals surface area contributed by atoms with Crippen LogP contribution in [0.15, 0.2) is 55.0 Å². The number of rotatable bonds is 5. The normalized spacial score (nSPS) is 14.6. The highest BCUT2D eigenvalue weighted by Gasteiger charge is 2.19. The Labute approximate surface area is 214 Å². The molecule has 5 heterocycles. The fourth-order valence-corrected chi connectivity index (χ4v) is 4.81. The maximum Gasteiger partial charge on any atom is 0.226 e. The number of hydrogen-bond donors (Lipinski definition) is 3. The molecule has 0 unspecified atom stereocenters. The zero-order chi connectivity index (χ0) is 25.5. The fraction of sp³-hybridized carbons (Fsp3) is 0.286. The first-order chi connectivity index (χ1) is 18.0. The first kappa shape index (κ1) is 23.2. The van der Waals surface area contributed by atoms with Gasteiger partial charge in [-0.3, -0.25) is 14.9 Å². The van der Waals surface area contributed by atoms with E-state index in [9.17, 15) is 4.79 Å². The number of benzene rings is 1. The van der Waals surface area contributed by atoms with E-state index in [2.05, 4.69) is 77.6 Å². The van der Waals surface area contributed by atoms with Crippen LogP contribution in [-0.4, -0.2) is 69.2 Å². The maximum absolute atomic E-state index is 12.1. The molecule has 1 amide bonds. The number of carbonyl (C=O) groups is 1. The van der Waals surface area contributed by atoms with Gasteiger partial charge in [0, 0.05) is 77.6 Å². The molecule has 1 aromatic carbocycles. The van der Waals surface area contributed by atoms with Gasteiger partial charge in [0.25, 0.3) is 0 Å². The monoisotopic (exact) mass is 494 g/mol. The Morgan fingerprint density at radius 2 is 1.81 bits per heavy atom. The molecule has 37 heavy (non-hydrogen) atoms. The Morgan fingerprint density at radius 3 is 2.62 bits per heavy atom. The van der Waals surface area contributed by atoms with Gasteiger partial charge in [-0.1, -0.05) is 19.9 Å². The lowest BCUT2D eigenvalue weighted by molar-refractivity contribution is -0.118. The van der Waals surface area contributed by atoms with Crippen molar-refractivity contribution in [2.75, 3.05) is 43.4 Å². The summed E-state index contributed by atoms with van der Waals surface area (Å²) in [6, 6.07) is 12.6. The van der Waals surface area contributed by atoms with Crippen LogP contribution in [0.2, 0.25) is 0 Å². The van der Waals surface area contributed by atoms with Crippen molar-refractivity contribution in [1.82, 2.24) is 30.0 Å². The summed E-state index contributed by atoms with van der Waals surface area (Å²) in [6.45, 7) is 7.88. The molecule has 0 bridgehead atoms. The molecular formula is C28H30N8O. The molecular weight excluding hydrogens is 464 g/mol. The van der Waals surface area contributed by atoms with Crippen molar-refractivity contribution in [2.45, 2.75) is 13.8 Å². The van der Waals surface area contributed by atoms with Crippen LogP contribution >= 0.6 is 0 Å². The van der Waals surface area contributed by atoms with Gasteiger partial charge in [0.15, 0.2) is 5.65 Å². The van der Waals surface area contributed by atoms with Crippen LogP contribution in [0.4, 0.5) is 11.4 Å². The lowest BCUT2D eigenvalue weighted by atomic mass is 10.1. The molecule has 1 aliphatic rings. The number of aromatic amines is 2. The molecule has 0 aliphatic carbocycles. The standard InChI is InChI=1S/C28H30N8O/c1-17(2)28(37)31-20-11-18(14-29-16-20)19-12-22-26(33-34-27(22)30-15-19)24-13-21-23(32-24)5-4-6-25(21)36-9-7-35(3)8-10-36/h4-6,11-17,32H,7-10H2,1-3H3,(H,31,37)(H,30,33,34). The van der Waals surface area contributed by atoms with E-state index in [0.717, 1.165) is 59.6 Å². The highest BCUT2D eigenvalue weighted by atomic mass is 16.1. The van der Waals surface area contributed by atoms with E-state index in [0.29, 0.717) is 11.3 Å². The number of hydrogen-bond acceptors (Lipinski definition) is 6. The molecule has 6 rings (SSSR count). The van der Waals surface area contributed by atoms with Gasteiger partial charge in [-0.15, -0.1) is 0 Å². The second kappa shape index (κ2) is 9.33. The van der Waals surface area contributed by atoms with E-state index in [1.807, 2.05) is 19.9 Å². The Morgan fingerprint density at radius 1 is 1.00 bits per heavy atom. The summed E-state index contributed by atoms with van der Waals surface area (Å²) in [5.41, 5.74) is 7.29. The molecule has 1 fully saturated rings. The van der Waals surface area contributed by atoms with Crippen molar-refractivity contribution in [3.8, 4) is 22.5 Å². The van der Waals surface area contributed by atoms with Gasteiger partial charge in [0.05, 0.1) is 23.3 Å². The second-order valence-corrected chi connectivity index (χ2v) is 10.0. The number of carbonyl (C=O) groups excluding carboxylic acids is 1. The van der Waals surface area contributed by atoms with Crippen LogP contribution in [0.3, 0.4) is 0 Å². The van der Waals surface area contributed by atoms with Gasteiger partial charge in [-0.05, 0) is 37.4 Å². The summed E-state index contributed by atoms with van der Waals surface area (Å²) in [5.74, 6) is -0.150. The van der Waals surface area contributed by atoms with Gasteiger partial charge in [-0.2, -0.15) is 5.10 Å². The topological polar surface area (TPSA) is 106 Å². The summed E-state index contributed by atoms with van der Waals surface area (Å²) in [7, 11) is 2.17. The Bertz CT molecular complexity index is 1590. The molecule has 0 saturated carbocycles. The number of H-pyrrole nitrogens is 2. The molecule has 9 nitrogen and oxygen atoms in total. The lowest BCUT2D eigenvalue weighted by Gasteiger charge is -2.34. The van der Waals surface area contributed by atoms with E-state index in [-0.39, 0.29) is 11.8 Å². The van der Waals surface area contributed by atoms with Gasteiger partial charge in [-0.25, -0.2) is 4.98 Å². The van der Waals surface area contributed by atoms with Crippen LogP contribution in [-0.2, 0) is 4.79 Å². The number of piperazine rings is 1. The Balaban J connectivity index is 1.36. The number of likely N-dealkylation sites (N-methyl/N-ethyl adjacent to an activating group) is 1. The average molecular weight is 495 g/mol. The van der Waals surface area contributed by atoms with E-state index in [1.54, 1.807) is 18.6 Å². The lowest BCUT2D eigenvalue weighted by Crippen LogP contribution is -2.44. The van der Waals surface area contributed by atoms with Crippen LogP contribution in [0, 0.1) is 5.92 Å². The highest BCUT2D eigenvalue weighted by Crippen LogP contribution is 2.34. The number of fused-ring (bicyclic) bond motifs is 2.